The average Bonchev–Trinajstić information content (AvgIpc) is 2.51. The fraction of sp³-hybridized carbons (Fsp3) is 0.438. The monoisotopic (exact) mass is 336 g/mol. The van der Waals surface area contributed by atoms with Crippen molar-refractivity contribution in [2.75, 3.05) is 24.3 Å². The molecule has 0 aliphatic heterocycles. The number of amides is 3. The number of nitrogens with one attached hydrogen (secondary N) is 3. The van der Waals surface area contributed by atoms with E-state index in [9.17, 15) is 14.4 Å². The molecule has 0 aliphatic rings. The third-order valence-corrected chi connectivity index (χ3v) is 3.24. The molecular formula is C16H24N4O4. The zero-order chi connectivity index (χ0) is 18.3. The SMILES string of the molecule is COc1ccc(NC(C)=O)cc1NC(=O)CNC(=O)[C@@H](N)C(C)C. The van der Waals surface area contributed by atoms with Gasteiger partial charge in [0.05, 0.1) is 25.4 Å². The summed E-state index contributed by atoms with van der Waals surface area (Å²) in [4.78, 5) is 34.9. The lowest BCUT2D eigenvalue weighted by atomic mass is 10.1. The van der Waals surface area contributed by atoms with Crippen LogP contribution in [-0.2, 0) is 14.4 Å². The molecular weight excluding hydrogens is 312 g/mol. The van der Waals surface area contributed by atoms with E-state index < -0.39 is 11.9 Å². The number of methoxy groups -OCH3 is 1. The standard InChI is InChI=1S/C16H24N4O4/c1-9(2)15(17)16(23)18-8-14(22)20-12-7-11(19-10(3)21)5-6-13(12)24-4/h5-7,9,15H,8,17H2,1-4H3,(H,18,23)(H,19,21)(H,20,22)/t15-/m0/s1. The number of hydrogen-bond donors (Lipinski definition) is 4. The van der Waals surface area contributed by atoms with Crippen LogP contribution in [0.15, 0.2) is 18.2 Å². The van der Waals surface area contributed by atoms with Gasteiger partial charge in [-0.3, -0.25) is 14.4 Å². The highest BCUT2D eigenvalue weighted by molar-refractivity contribution is 5.97. The molecule has 0 unspecified atom stereocenters. The molecule has 0 saturated carbocycles. The van der Waals surface area contributed by atoms with Crippen molar-refractivity contribution in [3.8, 4) is 5.75 Å². The lowest BCUT2D eigenvalue weighted by Gasteiger charge is -2.16. The van der Waals surface area contributed by atoms with E-state index in [1.165, 1.54) is 14.0 Å². The fourth-order valence-corrected chi connectivity index (χ4v) is 1.87. The van der Waals surface area contributed by atoms with Gasteiger partial charge in [0.1, 0.15) is 5.75 Å². The Balaban J connectivity index is 2.71. The second kappa shape index (κ2) is 8.88. The van der Waals surface area contributed by atoms with Crippen LogP contribution in [0.5, 0.6) is 5.75 Å². The maximum atomic E-state index is 12.0. The van der Waals surface area contributed by atoms with Crippen LogP contribution < -0.4 is 26.4 Å². The van der Waals surface area contributed by atoms with Crippen LogP contribution in [0, 0.1) is 5.92 Å². The van der Waals surface area contributed by atoms with Crippen molar-refractivity contribution in [1.82, 2.24) is 5.32 Å². The Hall–Kier alpha value is -2.61. The quantitative estimate of drug-likeness (QED) is 0.583. The molecule has 0 bridgehead atoms. The minimum atomic E-state index is -0.671. The molecule has 0 heterocycles. The van der Waals surface area contributed by atoms with Gasteiger partial charge in [-0.1, -0.05) is 13.8 Å². The number of rotatable bonds is 7. The summed E-state index contributed by atoms with van der Waals surface area (Å²) in [5, 5.41) is 7.72. The first kappa shape index (κ1) is 19.4. The Morgan fingerprint density at radius 3 is 2.42 bits per heavy atom. The molecule has 0 spiro atoms. The van der Waals surface area contributed by atoms with E-state index in [1.54, 1.807) is 18.2 Å². The van der Waals surface area contributed by atoms with Gasteiger partial charge in [0.25, 0.3) is 0 Å². The summed E-state index contributed by atoms with van der Waals surface area (Å²) in [7, 11) is 1.46. The van der Waals surface area contributed by atoms with Crippen molar-refractivity contribution in [2.45, 2.75) is 26.8 Å². The van der Waals surface area contributed by atoms with Crippen molar-refractivity contribution in [2.24, 2.45) is 11.7 Å². The molecule has 1 atom stereocenters. The second-order valence-corrected chi connectivity index (χ2v) is 5.63. The number of ether oxygens (including phenoxy) is 1. The van der Waals surface area contributed by atoms with Gasteiger partial charge in [-0.25, -0.2) is 0 Å². The molecule has 24 heavy (non-hydrogen) atoms. The Morgan fingerprint density at radius 2 is 1.88 bits per heavy atom. The molecule has 0 fully saturated rings. The van der Waals surface area contributed by atoms with Crippen molar-refractivity contribution >= 4 is 29.1 Å². The Kier molecular flexibility index (Phi) is 7.19. The molecule has 3 amide bonds. The zero-order valence-corrected chi connectivity index (χ0v) is 14.3. The van der Waals surface area contributed by atoms with Gasteiger partial charge in [-0.15, -0.1) is 0 Å². The Morgan fingerprint density at radius 1 is 1.21 bits per heavy atom. The summed E-state index contributed by atoms with van der Waals surface area (Å²) in [6, 6.07) is 4.17. The average molecular weight is 336 g/mol. The van der Waals surface area contributed by atoms with Crippen molar-refractivity contribution in [1.29, 1.82) is 0 Å². The number of carbonyl (C=O) groups excluding carboxylic acids is 3. The van der Waals surface area contributed by atoms with E-state index in [0.29, 0.717) is 17.1 Å². The van der Waals surface area contributed by atoms with Gasteiger partial charge < -0.3 is 26.4 Å². The van der Waals surface area contributed by atoms with Crippen LogP contribution >= 0.6 is 0 Å². The van der Waals surface area contributed by atoms with Crippen LogP contribution in [0.25, 0.3) is 0 Å². The number of carbonyl (C=O) groups is 3. The molecule has 5 N–H and O–H groups in total. The summed E-state index contributed by atoms with van der Waals surface area (Å²) in [5.74, 6) is -0.644. The van der Waals surface area contributed by atoms with Crippen LogP contribution in [0.1, 0.15) is 20.8 Å². The second-order valence-electron chi connectivity index (χ2n) is 5.63. The first-order chi connectivity index (χ1) is 11.2. The highest BCUT2D eigenvalue weighted by Crippen LogP contribution is 2.27. The molecule has 0 aromatic heterocycles. The van der Waals surface area contributed by atoms with Gasteiger partial charge >= 0.3 is 0 Å². The largest absolute Gasteiger partial charge is 0.495 e. The number of hydrogen-bond acceptors (Lipinski definition) is 5. The fourth-order valence-electron chi connectivity index (χ4n) is 1.87. The normalized spacial score (nSPS) is 11.6. The molecule has 8 heteroatoms. The smallest absolute Gasteiger partial charge is 0.243 e. The first-order valence-corrected chi connectivity index (χ1v) is 7.53. The topological polar surface area (TPSA) is 123 Å². The summed E-state index contributed by atoms with van der Waals surface area (Å²) in [5.41, 5.74) is 6.61. The van der Waals surface area contributed by atoms with Crippen LogP contribution in [0.4, 0.5) is 11.4 Å². The van der Waals surface area contributed by atoms with E-state index in [4.69, 9.17) is 10.5 Å². The summed E-state index contributed by atoms with van der Waals surface area (Å²) >= 11 is 0. The number of anilines is 2. The van der Waals surface area contributed by atoms with Crippen LogP contribution in [-0.4, -0.2) is 37.4 Å². The summed E-state index contributed by atoms with van der Waals surface area (Å²) in [6.07, 6.45) is 0. The van der Waals surface area contributed by atoms with Crippen molar-refractivity contribution in [3.05, 3.63) is 18.2 Å². The summed E-state index contributed by atoms with van der Waals surface area (Å²) < 4.78 is 5.17. The Labute approximate surface area is 141 Å². The minimum absolute atomic E-state index is 0.0255. The molecule has 1 rings (SSSR count). The Bertz CT molecular complexity index is 616. The van der Waals surface area contributed by atoms with Gasteiger partial charge in [-0.05, 0) is 24.1 Å². The molecule has 8 nitrogen and oxygen atoms in total. The highest BCUT2D eigenvalue weighted by Gasteiger charge is 2.18. The first-order valence-electron chi connectivity index (χ1n) is 7.53. The molecule has 0 saturated heterocycles. The molecule has 0 radical (unpaired) electrons. The molecule has 1 aromatic rings. The molecule has 0 aliphatic carbocycles. The van der Waals surface area contributed by atoms with Crippen molar-refractivity contribution in [3.63, 3.8) is 0 Å². The molecule has 1 aromatic carbocycles. The van der Waals surface area contributed by atoms with Gasteiger partial charge in [-0.2, -0.15) is 0 Å². The number of nitrogens with two attached hydrogens (primary N) is 1. The molecule has 132 valence electrons. The third kappa shape index (κ3) is 5.88. The van der Waals surface area contributed by atoms with E-state index in [0.717, 1.165) is 0 Å². The lowest BCUT2D eigenvalue weighted by molar-refractivity contribution is -0.125. The maximum Gasteiger partial charge on any atom is 0.243 e. The third-order valence-electron chi connectivity index (χ3n) is 3.24. The van der Waals surface area contributed by atoms with E-state index in [1.807, 2.05) is 13.8 Å². The zero-order valence-electron chi connectivity index (χ0n) is 14.3. The van der Waals surface area contributed by atoms with Crippen molar-refractivity contribution < 1.29 is 19.1 Å². The summed E-state index contributed by atoms with van der Waals surface area (Å²) in [6.45, 7) is 4.81. The van der Waals surface area contributed by atoms with Crippen LogP contribution in [0.3, 0.4) is 0 Å². The predicted molar refractivity (Wildman–Crippen MR) is 91.8 cm³/mol. The van der Waals surface area contributed by atoms with Gasteiger partial charge in [0.2, 0.25) is 17.7 Å². The lowest BCUT2D eigenvalue weighted by Crippen LogP contribution is -2.46. The maximum absolute atomic E-state index is 12.0. The predicted octanol–water partition coefficient (Wildman–Crippen LogP) is 0.692. The van der Waals surface area contributed by atoms with E-state index in [2.05, 4.69) is 16.0 Å². The highest BCUT2D eigenvalue weighted by atomic mass is 16.5. The van der Waals surface area contributed by atoms with E-state index >= 15 is 0 Å². The van der Waals surface area contributed by atoms with Gasteiger partial charge in [0, 0.05) is 12.6 Å². The minimum Gasteiger partial charge on any atom is -0.495 e. The number of benzene rings is 1. The van der Waals surface area contributed by atoms with Gasteiger partial charge in [0.15, 0.2) is 0 Å². The van der Waals surface area contributed by atoms with Crippen LogP contribution in [0.2, 0.25) is 0 Å². The van der Waals surface area contributed by atoms with E-state index in [-0.39, 0.29) is 24.3 Å².